The number of nitrogens with zero attached hydrogens (tertiary/aromatic N) is 3. The van der Waals surface area contributed by atoms with Crippen molar-refractivity contribution in [1.29, 1.82) is 0 Å². The number of alkyl halides is 1. The molecular weight excluding hydrogens is 266 g/mol. The Morgan fingerprint density at radius 1 is 1.38 bits per heavy atom. The molecule has 1 aliphatic heterocycles. The van der Waals surface area contributed by atoms with E-state index in [0.717, 1.165) is 19.0 Å². The summed E-state index contributed by atoms with van der Waals surface area (Å²) in [5.41, 5.74) is 0. The SMILES string of the molecule is CC(Br)C1CCN(CCn2cccn2)CC1. The van der Waals surface area contributed by atoms with E-state index in [9.17, 15) is 0 Å². The van der Waals surface area contributed by atoms with E-state index < -0.39 is 0 Å². The lowest BCUT2D eigenvalue weighted by Gasteiger charge is -2.33. The van der Waals surface area contributed by atoms with Crippen LogP contribution in [0, 0.1) is 5.92 Å². The smallest absolute Gasteiger partial charge is 0.0536 e. The highest BCUT2D eigenvalue weighted by Gasteiger charge is 2.21. The summed E-state index contributed by atoms with van der Waals surface area (Å²) in [6.45, 7) is 6.89. The van der Waals surface area contributed by atoms with Gasteiger partial charge in [0, 0.05) is 23.8 Å². The van der Waals surface area contributed by atoms with Crippen LogP contribution in [0.4, 0.5) is 0 Å². The fourth-order valence-corrected chi connectivity index (χ4v) is 2.84. The molecule has 0 N–H and O–H groups in total. The first kappa shape index (κ1) is 12.1. The number of aromatic nitrogens is 2. The minimum absolute atomic E-state index is 0.667. The summed E-state index contributed by atoms with van der Waals surface area (Å²) < 4.78 is 2.01. The van der Waals surface area contributed by atoms with Crippen molar-refractivity contribution >= 4 is 15.9 Å². The molecule has 2 rings (SSSR count). The van der Waals surface area contributed by atoms with Crippen LogP contribution in [-0.2, 0) is 6.54 Å². The van der Waals surface area contributed by atoms with Crippen LogP contribution in [-0.4, -0.2) is 39.1 Å². The number of likely N-dealkylation sites (tertiary alicyclic amines) is 1. The van der Waals surface area contributed by atoms with Crippen molar-refractivity contribution < 1.29 is 0 Å². The Kier molecular flexibility index (Phi) is 4.41. The van der Waals surface area contributed by atoms with Crippen molar-refractivity contribution in [2.45, 2.75) is 31.1 Å². The summed E-state index contributed by atoms with van der Waals surface area (Å²) >= 11 is 3.69. The summed E-state index contributed by atoms with van der Waals surface area (Å²) in [4.78, 5) is 3.22. The third kappa shape index (κ3) is 3.32. The van der Waals surface area contributed by atoms with Gasteiger partial charge >= 0.3 is 0 Å². The van der Waals surface area contributed by atoms with E-state index in [4.69, 9.17) is 0 Å². The van der Waals surface area contributed by atoms with Gasteiger partial charge in [0.2, 0.25) is 0 Å². The lowest BCUT2D eigenvalue weighted by molar-refractivity contribution is 0.178. The molecule has 1 aromatic rings. The van der Waals surface area contributed by atoms with Gasteiger partial charge in [-0.25, -0.2) is 0 Å². The number of hydrogen-bond acceptors (Lipinski definition) is 2. The van der Waals surface area contributed by atoms with Crippen molar-refractivity contribution in [2.75, 3.05) is 19.6 Å². The van der Waals surface area contributed by atoms with E-state index in [1.807, 2.05) is 23.1 Å². The average molecular weight is 286 g/mol. The average Bonchev–Trinajstić information content (AvgIpc) is 2.80. The quantitative estimate of drug-likeness (QED) is 0.792. The second kappa shape index (κ2) is 5.82. The molecule has 1 atom stereocenters. The molecule has 90 valence electrons. The number of rotatable bonds is 4. The zero-order valence-corrected chi connectivity index (χ0v) is 11.4. The molecule has 0 aliphatic carbocycles. The van der Waals surface area contributed by atoms with Gasteiger partial charge in [0.05, 0.1) is 6.54 Å². The van der Waals surface area contributed by atoms with Gasteiger partial charge in [-0.15, -0.1) is 0 Å². The van der Waals surface area contributed by atoms with Gasteiger partial charge in [0.25, 0.3) is 0 Å². The Morgan fingerprint density at radius 2 is 2.12 bits per heavy atom. The van der Waals surface area contributed by atoms with Gasteiger partial charge in [-0.05, 0) is 37.9 Å². The molecule has 2 heterocycles. The van der Waals surface area contributed by atoms with Crippen LogP contribution in [0.1, 0.15) is 19.8 Å². The van der Waals surface area contributed by atoms with E-state index in [2.05, 4.69) is 32.9 Å². The molecule has 3 nitrogen and oxygen atoms in total. The standard InChI is InChI=1S/C12H20BrN3/c1-11(13)12-3-7-15(8-4-12)9-10-16-6-2-5-14-16/h2,5-6,11-12H,3-4,7-10H2,1H3. The minimum atomic E-state index is 0.667. The van der Waals surface area contributed by atoms with Crippen LogP contribution in [0.25, 0.3) is 0 Å². The molecule has 0 saturated carbocycles. The highest BCUT2D eigenvalue weighted by molar-refractivity contribution is 9.09. The summed E-state index contributed by atoms with van der Waals surface area (Å²) in [6.07, 6.45) is 6.53. The molecule has 1 fully saturated rings. The minimum Gasteiger partial charge on any atom is -0.301 e. The summed E-state index contributed by atoms with van der Waals surface area (Å²) in [5, 5.41) is 4.23. The first-order valence-electron chi connectivity index (χ1n) is 6.09. The number of piperidine rings is 1. The molecular formula is C12H20BrN3. The topological polar surface area (TPSA) is 21.1 Å². The monoisotopic (exact) mass is 285 g/mol. The van der Waals surface area contributed by atoms with E-state index in [0.29, 0.717) is 4.83 Å². The molecule has 0 amide bonds. The largest absolute Gasteiger partial charge is 0.301 e. The predicted octanol–water partition coefficient (Wildman–Crippen LogP) is 2.38. The molecule has 1 aliphatic rings. The van der Waals surface area contributed by atoms with E-state index >= 15 is 0 Å². The van der Waals surface area contributed by atoms with Gasteiger partial charge in [0.1, 0.15) is 0 Å². The van der Waals surface area contributed by atoms with Crippen LogP contribution in [0.15, 0.2) is 18.5 Å². The maximum Gasteiger partial charge on any atom is 0.0536 e. The fourth-order valence-electron chi connectivity index (χ4n) is 2.31. The maximum atomic E-state index is 4.23. The fraction of sp³-hybridized carbons (Fsp3) is 0.750. The Balaban J connectivity index is 1.69. The Morgan fingerprint density at radius 3 is 2.69 bits per heavy atom. The molecule has 4 heteroatoms. The number of hydrogen-bond donors (Lipinski definition) is 0. The predicted molar refractivity (Wildman–Crippen MR) is 69.8 cm³/mol. The molecule has 1 saturated heterocycles. The van der Waals surface area contributed by atoms with E-state index in [1.165, 1.54) is 25.9 Å². The summed E-state index contributed by atoms with van der Waals surface area (Å²) in [5.74, 6) is 0.862. The van der Waals surface area contributed by atoms with Crippen molar-refractivity contribution in [1.82, 2.24) is 14.7 Å². The summed E-state index contributed by atoms with van der Waals surface area (Å²) in [7, 11) is 0. The Labute approximate surface area is 106 Å². The summed E-state index contributed by atoms with van der Waals surface area (Å²) in [6, 6.07) is 1.98. The lowest BCUT2D eigenvalue weighted by atomic mass is 9.94. The van der Waals surface area contributed by atoms with E-state index in [-0.39, 0.29) is 0 Å². The second-order valence-corrected chi connectivity index (χ2v) is 6.07. The van der Waals surface area contributed by atoms with Crippen molar-refractivity contribution in [3.05, 3.63) is 18.5 Å². The van der Waals surface area contributed by atoms with Gasteiger partial charge in [-0.2, -0.15) is 5.10 Å². The van der Waals surface area contributed by atoms with Gasteiger partial charge in [-0.3, -0.25) is 4.68 Å². The molecule has 0 spiro atoms. The normalized spacial score (nSPS) is 21.1. The molecule has 16 heavy (non-hydrogen) atoms. The second-order valence-electron chi connectivity index (χ2n) is 4.63. The van der Waals surface area contributed by atoms with Crippen LogP contribution in [0.3, 0.4) is 0 Å². The van der Waals surface area contributed by atoms with Crippen LogP contribution in [0.2, 0.25) is 0 Å². The van der Waals surface area contributed by atoms with Crippen molar-refractivity contribution in [3.8, 4) is 0 Å². The molecule has 1 unspecified atom stereocenters. The Hall–Kier alpha value is -0.350. The lowest BCUT2D eigenvalue weighted by Crippen LogP contribution is -2.37. The third-order valence-electron chi connectivity index (χ3n) is 3.49. The third-order valence-corrected chi connectivity index (χ3v) is 4.23. The first-order valence-corrected chi connectivity index (χ1v) is 7.01. The van der Waals surface area contributed by atoms with Crippen molar-refractivity contribution in [3.63, 3.8) is 0 Å². The van der Waals surface area contributed by atoms with Gasteiger partial charge in [-0.1, -0.05) is 22.9 Å². The molecule has 0 bridgehead atoms. The highest BCUT2D eigenvalue weighted by atomic mass is 79.9. The first-order chi connectivity index (χ1) is 7.75. The van der Waals surface area contributed by atoms with Crippen LogP contribution in [0.5, 0.6) is 0 Å². The highest BCUT2D eigenvalue weighted by Crippen LogP contribution is 2.24. The zero-order chi connectivity index (χ0) is 11.4. The van der Waals surface area contributed by atoms with Crippen molar-refractivity contribution in [2.24, 2.45) is 5.92 Å². The molecule has 0 aromatic carbocycles. The van der Waals surface area contributed by atoms with Gasteiger partial charge in [0.15, 0.2) is 0 Å². The van der Waals surface area contributed by atoms with E-state index in [1.54, 1.807) is 0 Å². The molecule has 1 aromatic heterocycles. The molecule has 0 radical (unpaired) electrons. The maximum absolute atomic E-state index is 4.23. The van der Waals surface area contributed by atoms with Crippen LogP contribution >= 0.6 is 15.9 Å². The van der Waals surface area contributed by atoms with Crippen LogP contribution < -0.4 is 0 Å². The van der Waals surface area contributed by atoms with Gasteiger partial charge < -0.3 is 4.90 Å². The zero-order valence-electron chi connectivity index (χ0n) is 9.85. The number of halogens is 1. The Bertz CT molecular complexity index is 289.